The first-order valence-corrected chi connectivity index (χ1v) is 11.5. The quantitative estimate of drug-likeness (QED) is 0.733. The van der Waals surface area contributed by atoms with Crippen LogP contribution in [0.15, 0.2) is 30.5 Å². The van der Waals surface area contributed by atoms with Crippen LogP contribution < -0.4 is 10.1 Å². The highest BCUT2D eigenvalue weighted by Gasteiger charge is 2.40. The molecule has 1 aromatic carbocycles. The zero-order valence-electron chi connectivity index (χ0n) is 17.2. The van der Waals surface area contributed by atoms with Crippen LogP contribution in [0, 0.1) is 0 Å². The molecule has 0 unspecified atom stereocenters. The molecule has 1 atom stereocenters. The Bertz CT molecular complexity index is 1010. The molecule has 0 aliphatic carbocycles. The summed E-state index contributed by atoms with van der Waals surface area (Å²) in [4.78, 5) is 13.0. The molecule has 1 saturated heterocycles. The van der Waals surface area contributed by atoms with E-state index in [1.165, 1.54) is 8.61 Å². The Labute approximate surface area is 176 Å². The van der Waals surface area contributed by atoms with Gasteiger partial charge in [-0.2, -0.15) is 22.1 Å². The lowest BCUT2D eigenvalue weighted by Crippen LogP contribution is -2.48. The predicted molar refractivity (Wildman–Crippen MR) is 111 cm³/mol. The van der Waals surface area contributed by atoms with Crippen molar-refractivity contribution in [1.29, 1.82) is 0 Å². The van der Waals surface area contributed by atoms with Crippen LogP contribution in [-0.2, 0) is 35.1 Å². The predicted octanol–water partition coefficient (Wildman–Crippen LogP) is 0.985. The molecule has 3 heterocycles. The average Bonchev–Trinajstić information content (AvgIpc) is 3.41. The Morgan fingerprint density at radius 1 is 1.20 bits per heavy atom. The van der Waals surface area contributed by atoms with Gasteiger partial charge < -0.3 is 10.1 Å². The van der Waals surface area contributed by atoms with Gasteiger partial charge in [0.1, 0.15) is 5.75 Å². The van der Waals surface area contributed by atoms with E-state index < -0.39 is 16.1 Å². The number of amides is 1. The van der Waals surface area contributed by atoms with E-state index in [2.05, 4.69) is 10.4 Å². The molecule has 2 aromatic rings. The summed E-state index contributed by atoms with van der Waals surface area (Å²) in [6.07, 6.45) is 3.54. The fourth-order valence-corrected chi connectivity index (χ4v) is 5.72. The third kappa shape index (κ3) is 4.07. The van der Waals surface area contributed by atoms with Crippen LogP contribution in [0.2, 0.25) is 0 Å². The topological polar surface area (TPSA) is 96.8 Å². The summed E-state index contributed by atoms with van der Waals surface area (Å²) >= 11 is 0. The Balaban J connectivity index is 1.52. The van der Waals surface area contributed by atoms with Gasteiger partial charge >= 0.3 is 0 Å². The van der Waals surface area contributed by atoms with Gasteiger partial charge in [0, 0.05) is 51.5 Å². The summed E-state index contributed by atoms with van der Waals surface area (Å²) in [6, 6.07) is 7.44. The third-order valence-electron chi connectivity index (χ3n) is 5.66. The van der Waals surface area contributed by atoms with Crippen molar-refractivity contribution in [3.05, 3.63) is 47.3 Å². The van der Waals surface area contributed by atoms with Gasteiger partial charge in [0.15, 0.2) is 0 Å². The molecule has 4 rings (SSSR count). The number of carbonyl (C=O) groups is 1. The van der Waals surface area contributed by atoms with E-state index in [4.69, 9.17) is 4.74 Å². The van der Waals surface area contributed by atoms with Crippen molar-refractivity contribution in [3.8, 4) is 5.75 Å². The molecule has 1 fully saturated rings. The molecule has 0 saturated carbocycles. The molecule has 0 bridgehead atoms. The van der Waals surface area contributed by atoms with E-state index in [-0.39, 0.29) is 19.0 Å². The second-order valence-electron chi connectivity index (χ2n) is 7.74. The Kier molecular flexibility index (Phi) is 5.81. The van der Waals surface area contributed by atoms with Gasteiger partial charge in [0.05, 0.1) is 18.7 Å². The van der Waals surface area contributed by atoms with Crippen LogP contribution in [0.1, 0.15) is 35.6 Å². The van der Waals surface area contributed by atoms with Gasteiger partial charge in [-0.15, -0.1) is 0 Å². The highest BCUT2D eigenvalue weighted by Crippen LogP contribution is 2.31. The van der Waals surface area contributed by atoms with Crippen molar-refractivity contribution in [2.24, 2.45) is 7.05 Å². The second-order valence-corrected chi connectivity index (χ2v) is 9.67. The van der Waals surface area contributed by atoms with E-state index in [0.29, 0.717) is 25.3 Å². The van der Waals surface area contributed by atoms with Crippen LogP contribution in [0.5, 0.6) is 5.75 Å². The van der Waals surface area contributed by atoms with Gasteiger partial charge in [-0.05, 0) is 30.5 Å². The zero-order chi connectivity index (χ0) is 21.3. The highest BCUT2D eigenvalue weighted by atomic mass is 32.2. The summed E-state index contributed by atoms with van der Waals surface area (Å²) < 4.78 is 35.9. The normalized spacial score (nSPS) is 20.1. The van der Waals surface area contributed by atoms with Crippen molar-refractivity contribution in [1.82, 2.24) is 23.7 Å². The molecule has 1 N–H and O–H groups in total. The van der Waals surface area contributed by atoms with E-state index >= 15 is 0 Å². The van der Waals surface area contributed by atoms with Gasteiger partial charge in [-0.25, -0.2) is 0 Å². The summed E-state index contributed by atoms with van der Waals surface area (Å²) in [5, 5.41) is 7.38. The molecular formula is C20H27N5O4S. The number of nitrogens with one attached hydrogen (secondary N) is 1. The Hall–Kier alpha value is -2.43. The number of rotatable bonds is 6. The number of carbonyl (C=O) groups excluding carboxylic acids is 1. The van der Waals surface area contributed by atoms with Gasteiger partial charge in [-0.1, -0.05) is 12.1 Å². The van der Waals surface area contributed by atoms with Crippen molar-refractivity contribution in [2.45, 2.75) is 31.8 Å². The van der Waals surface area contributed by atoms with Crippen molar-refractivity contribution in [2.75, 3.05) is 26.7 Å². The van der Waals surface area contributed by atoms with Gasteiger partial charge in [-0.3, -0.25) is 9.48 Å². The molecule has 30 heavy (non-hydrogen) atoms. The fraction of sp³-hybridized carbons (Fsp3) is 0.500. The van der Waals surface area contributed by atoms with Crippen LogP contribution >= 0.6 is 0 Å². The lowest BCUT2D eigenvalue weighted by atomic mass is 9.97. The minimum atomic E-state index is -3.60. The van der Waals surface area contributed by atoms with E-state index in [1.54, 1.807) is 25.0 Å². The largest absolute Gasteiger partial charge is 0.497 e. The van der Waals surface area contributed by atoms with Crippen molar-refractivity contribution < 1.29 is 17.9 Å². The van der Waals surface area contributed by atoms with Crippen LogP contribution in [0.4, 0.5) is 0 Å². The first-order valence-electron chi connectivity index (χ1n) is 10.1. The number of hydrogen-bond acceptors (Lipinski definition) is 5. The first-order chi connectivity index (χ1) is 14.4. The first kappa shape index (κ1) is 20.8. The van der Waals surface area contributed by atoms with Crippen LogP contribution in [0.3, 0.4) is 0 Å². The van der Waals surface area contributed by atoms with E-state index in [0.717, 1.165) is 29.7 Å². The van der Waals surface area contributed by atoms with Crippen molar-refractivity contribution >= 4 is 16.1 Å². The molecule has 162 valence electrons. The molecule has 1 amide bonds. The zero-order valence-corrected chi connectivity index (χ0v) is 18.1. The van der Waals surface area contributed by atoms with Crippen LogP contribution in [-0.4, -0.2) is 59.5 Å². The lowest BCUT2D eigenvalue weighted by Gasteiger charge is -2.33. The lowest BCUT2D eigenvalue weighted by molar-refractivity contribution is -0.123. The van der Waals surface area contributed by atoms with E-state index in [1.807, 2.05) is 24.3 Å². The summed E-state index contributed by atoms with van der Waals surface area (Å²) in [6.45, 7) is 1.75. The number of benzene rings is 1. The molecule has 2 aliphatic rings. The fourth-order valence-electron chi connectivity index (χ4n) is 4.04. The highest BCUT2D eigenvalue weighted by molar-refractivity contribution is 7.86. The van der Waals surface area contributed by atoms with E-state index in [9.17, 15) is 13.2 Å². The number of hydrogen-bond donors (Lipinski definition) is 1. The van der Waals surface area contributed by atoms with Gasteiger partial charge in [0.2, 0.25) is 5.91 Å². The average molecular weight is 434 g/mol. The SMILES string of the molecule is COc1ccc(CNC(=O)[C@H]2CN(S(=O)(=O)N3CCCC3)Cc3cn(C)nc32)cc1. The monoisotopic (exact) mass is 433 g/mol. The molecule has 9 nitrogen and oxygen atoms in total. The third-order valence-corrected chi connectivity index (χ3v) is 7.61. The maximum atomic E-state index is 13.1. The molecule has 0 spiro atoms. The van der Waals surface area contributed by atoms with Gasteiger partial charge in [0.25, 0.3) is 10.2 Å². The Morgan fingerprint density at radius 2 is 1.90 bits per heavy atom. The minimum absolute atomic E-state index is 0.0945. The van der Waals surface area contributed by atoms with Crippen LogP contribution in [0.25, 0.3) is 0 Å². The number of nitrogens with zero attached hydrogens (tertiary/aromatic N) is 4. The number of aryl methyl sites for hydroxylation is 1. The van der Waals surface area contributed by atoms with Crippen molar-refractivity contribution in [3.63, 3.8) is 0 Å². The standard InChI is InChI=1S/C20H27N5O4S/c1-23-12-16-13-25(30(27,28)24-9-3-4-10-24)14-18(19(16)22-23)20(26)21-11-15-5-7-17(29-2)8-6-15/h5-8,12,18H,3-4,9-11,13-14H2,1-2H3,(H,21,26)/t18-/m0/s1. The maximum absolute atomic E-state index is 13.1. The summed E-state index contributed by atoms with van der Waals surface area (Å²) in [5.74, 6) is -0.129. The minimum Gasteiger partial charge on any atom is -0.497 e. The molecule has 0 radical (unpaired) electrons. The molecule has 2 aliphatic heterocycles. The number of aromatic nitrogens is 2. The number of methoxy groups -OCH3 is 1. The second kappa shape index (κ2) is 8.37. The molecular weight excluding hydrogens is 406 g/mol. The Morgan fingerprint density at radius 3 is 2.57 bits per heavy atom. The summed E-state index contributed by atoms with van der Waals surface area (Å²) in [5.41, 5.74) is 2.36. The maximum Gasteiger partial charge on any atom is 0.282 e. The smallest absolute Gasteiger partial charge is 0.282 e. The molecule has 1 aromatic heterocycles. The summed E-state index contributed by atoms with van der Waals surface area (Å²) in [7, 11) is -0.216. The number of ether oxygens (including phenoxy) is 1. The number of fused-ring (bicyclic) bond motifs is 1. The molecule has 10 heteroatoms.